The summed E-state index contributed by atoms with van der Waals surface area (Å²) in [6, 6.07) is 1.85. The highest BCUT2D eigenvalue weighted by molar-refractivity contribution is 5.46. The van der Waals surface area contributed by atoms with Crippen LogP contribution >= 0.6 is 0 Å². The Morgan fingerprint density at radius 1 is 1.42 bits per heavy atom. The Labute approximate surface area is 111 Å². The first-order valence-electron chi connectivity index (χ1n) is 6.73. The lowest BCUT2D eigenvalue weighted by molar-refractivity contribution is 0.0657. The van der Waals surface area contributed by atoms with E-state index in [9.17, 15) is 5.11 Å². The molecule has 2 atom stereocenters. The van der Waals surface area contributed by atoms with Crippen LogP contribution in [0.2, 0.25) is 0 Å². The summed E-state index contributed by atoms with van der Waals surface area (Å²) in [5, 5.41) is 18.1. The van der Waals surface area contributed by atoms with Crippen molar-refractivity contribution in [3.63, 3.8) is 0 Å². The standard InChI is InChI=1S/C13H18N4O2/c1-17-7-6-10(15-17)13-14-12(19-16-13)8-9-4-2-3-5-11(9)18/h6-7,9,11,18H,2-5,8H2,1H3. The molecule has 2 aromatic rings. The third-order valence-corrected chi connectivity index (χ3v) is 3.72. The quantitative estimate of drug-likeness (QED) is 0.908. The molecule has 0 aromatic carbocycles. The van der Waals surface area contributed by atoms with Crippen molar-refractivity contribution in [2.75, 3.05) is 0 Å². The summed E-state index contributed by atoms with van der Waals surface area (Å²) < 4.78 is 6.96. The van der Waals surface area contributed by atoms with Gasteiger partial charge in [-0.25, -0.2) is 0 Å². The number of nitrogens with zero attached hydrogens (tertiary/aromatic N) is 4. The second kappa shape index (κ2) is 5.13. The second-order valence-electron chi connectivity index (χ2n) is 5.20. The third-order valence-electron chi connectivity index (χ3n) is 3.72. The maximum absolute atomic E-state index is 9.95. The van der Waals surface area contributed by atoms with E-state index in [1.807, 2.05) is 19.3 Å². The maximum atomic E-state index is 9.95. The van der Waals surface area contributed by atoms with Crippen LogP contribution < -0.4 is 0 Å². The zero-order valence-electron chi connectivity index (χ0n) is 11.0. The van der Waals surface area contributed by atoms with Crippen LogP contribution in [0.15, 0.2) is 16.8 Å². The summed E-state index contributed by atoms with van der Waals surface area (Å²) >= 11 is 0. The van der Waals surface area contributed by atoms with Crippen LogP contribution in [0.3, 0.4) is 0 Å². The predicted molar refractivity (Wildman–Crippen MR) is 68.2 cm³/mol. The SMILES string of the molecule is Cn1ccc(-c2noc(CC3CCCCC3O)n2)n1. The van der Waals surface area contributed by atoms with E-state index < -0.39 is 0 Å². The van der Waals surface area contributed by atoms with E-state index in [0.29, 0.717) is 23.8 Å². The molecule has 0 amide bonds. The minimum atomic E-state index is -0.237. The number of rotatable bonds is 3. The number of aliphatic hydroxyl groups is 1. The van der Waals surface area contributed by atoms with Gasteiger partial charge in [-0.3, -0.25) is 4.68 Å². The van der Waals surface area contributed by atoms with Crippen molar-refractivity contribution < 1.29 is 9.63 Å². The van der Waals surface area contributed by atoms with Crippen molar-refractivity contribution in [1.82, 2.24) is 19.9 Å². The van der Waals surface area contributed by atoms with Crippen molar-refractivity contribution in [1.29, 1.82) is 0 Å². The second-order valence-corrected chi connectivity index (χ2v) is 5.20. The molecule has 1 aliphatic rings. The van der Waals surface area contributed by atoms with Gasteiger partial charge in [-0.2, -0.15) is 10.1 Å². The van der Waals surface area contributed by atoms with Gasteiger partial charge >= 0.3 is 0 Å². The molecular weight excluding hydrogens is 244 g/mol. The molecule has 2 heterocycles. The molecule has 2 aromatic heterocycles. The summed E-state index contributed by atoms with van der Waals surface area (Å²) in [5.74, 6) is 1.35. The van der Waals surface area contributed by atoms with Gasteiger partial charge in [-0.1, -0.05) is 18.0 Å². The van der Waals surface area contributed by atoms with Crippen LogP contribution in [-0.4, -0.2) is 31.1 Å². The van der Waals surface area contributed by atoms with Crippen LogP contribution in [0.25, 0.3) is 11.5 Å². The molecule has 1 N–H and O–H groups in total. The highest BCUT2D eigenvalue weighted by Gasteiger charge is 2.25. The number of aliphatic hydroxyl groups excluding tert-OH is 1. The molecule has 19 heavy (non-hydrogen) atoms. The Bertz CT molecular complexity index is 548. The van der Waals surface area contributed by atoms with Crippen LogP contribution in [0.1, 0.15) is 31.6 Å². The molecule has 0 aliphatic heterocycles. The van der Waals surface area contributed by atoms with E-state index in [-0.39, 0.29) is 12.0 Å². The first kappa shape index (κ1) is 12.3. The molecule has 1 aliphatic carbocycles. The first-order valence-corrected chi connectivity index (χ1v) is 6.73. The van der Waals surface area contributed by atoms with E-state index in [1.54, 1.807) is 4.68 Å². The fourth-order valence-electron chi connectivity index (χ4n) is 2.63. The lowest BCUT2D eigenvalue weighted by Crippen LogP contribution is -2.26. The van der Waals surface area contributed by atoms with Gasteiger partial charge in [0.05, 0.1) is 6.10 Å². The molecule has 6 nitrogen and oxygen atoms in total. The lowest BCUT2D eigenvalue weighted by atomic mass is 9.84. The fraction of sp³-hybridized carbons (Fsp3) is 0.615. The fourth-order valence-corrected chi connectivity index (χ4v) is 2.63. The largest absolute Gasteiger partial charge is 0.393 e. The van der Waals surface area contributed by atoms with Gasteiger partial charge in [-0.15, -0.1) is 0 Å². The topological polar surface area (TPSA) is 77.0 Å². The van der Waals surface area contributed by atoms with Crippen molar-refractivity contribution in [2.24, 2.45) is 13.0 Å². The summed E-state index contributed by atoms with van der Waals surface area (Å²) in [6.07, 6.45) is 6.45. The minimum absolute atomic E-state index is 0.237. The van der Waals surface area contributed by atoms with Crippen LogP contribution in [-0.2, 0) is 13.5 Å². The molecule has 1 saturated carbocycles. The predicted octanol–water partition coefficient (Wildman–Crippen LogP) is 1.56. The zero-order valence-corrected chi connectivity index (χ0v) is 11.0. The summed E-state index contributed by atoms with van der Waals surface area (Å²) in [6.45, 7) is 0. The molecule has 0 spiro atoms. The zero-order chi connectivity index (χ0) is 13.2. The molecule has 2 unspecified atom stereocenters. The molecule has 0 saturated heterocycles. The number of aryl methyl sites for hydroxylation is 1. The van der Waals surface area contributed by atoms with Gasteiger partial charge in [0.25, 0.3) is 0 Å². The summed E-state index contributed by atoms with van der Waals surface area (Å²) in [4.78, 5) is 4.36. The Kier molecular flexibility index (Phi) is 3.33. The highest BCUT2D eigenvalue weighted by atomic mass is 16.5. The van der Waals surface area contributed by atoms with E-state index in [2.05, 4.69) is 15.2 Å². The van der Waals surface area contributed by atoms with Gasteiger partial charge in [0.15, 0.2) is 0 Å². The van der Waals surface area contributed by atoms with Crippen molar-refractivity contribution in [3.8, 4) is 11.5 Å². The first-order chi connectivity index (χ1) is 9.22. The molecule has 0 radical (unpaired) electrons. The van der Waals surface area contributed by atoms with E-state index >= 15 is 0 Å². The normalized spacial score (nSPS) is 23.7. The third kappa shape index (κ3) is 2.68. The molecule has 6 heteroatoms. The van der Waals surface area contributed by atoms with Crippen molar-refractivity contribution >= 4 is 0 Å². The van der Waals surface area contributed by atoms with Crippen LogP contribution in [0.4, 0.5) is 0 Å². The lowest BCUT2D eigenvalue weighted by Gasteiger charge is -2.26. The molecular formula is C13H18N4O2. The Balaban J connectivity index is 1.71. The van der Waals surface area contributed by atoms with Gasteiger partial charge in [0.1, 0.15) is 5.69 Å². The van der Waals surface area contributed by atoms with Gasteiger partial charge in [-0.05, 0) is 24.8 Å². The Morgan fingerprint density at radius 3 is 3.00 bits per heavy atom. The van der Waals surface area contributed by atoms with Gasteiger partial charge < -0.3 is 9.63 Å². The smallest absolute Gasteiger partial charge is 0.227 e. The van der Waals surface area contributed by atoms with Crippen molar-refractivity contribution in [2.45, 2.75) is 38.2 Å². The van der Waals surface area contributed by atoms with Crippen molar-refractivity contribution in [3.05, 3.63) is 18.2 Å². The van der Waals surface area contributed by atoms with E-state index in [0.717, 1.165) is 19.3 Å². The molecule has 102 valence electrons. The average molecular weight is 262 g/mol. The minimum Gasteiger partial charge on any atom is -0.393 e. The molecule has 3 rings (SSSR count). The van der Waals surface area contributed by atoms with E-state index in [1.165, 1.54) is 6.42 Å². The summed E-state index contributed by atoms with van der Waals surface area (Å²) in [5.41, 5.74) is 0.710. The monoisotopic (exact) mass is 262 g/mol. The van der Waals surface area contributed by atoms with Crippen LogP contribution in [0, 0.1) is 5.92 Å². The average Bonchev–Trinajstić information content (AvgIpc) is 3.01. The Morgan fingerprint density at radius 2 is 2.26 bits per heavy atom. The van der Waals surface area contributed by atoms with Gasteiger partial charge in [0, 0.05) is 19.7 Å². The Hall–Kier alpha value is -1.69. The summed E-state index contributed by atoms with van der Waals surface area (Å²) in [7, 11) is 1.85. The highest BCUT2D eigenvalue weighted by Crippen LogP contribution is 2.27. The number of hydrogen-bond donors (Lipinski definition) is 1. The number of hydrogen-bond acceptors (Lipinski definition) is 5. The maximum Gasteiger partial charge on any atom is 0.227 e. The van der Waals surface area contributed by atoms with Gasteiger partial charge in [0.2, 0.25) is 11.7 Å². The van der Waals surface area contributed by atoms with Crippen LogP contribution in [0.5, 0.6) is 0 Å². The number of aromatic nitrogens is 4. The van der Waals surface area contributed by atoms with E-state index in [4.69, 9.17) is 4.52 Å². The molecule has 1 fully saturated rings. The molecule has 0 bridgehead atoms.